The monoisotopic (exact) mass is 304 g/mol. The molecule has 0 aliphatic carbocycles. The lowest BCUT2D eigenvalue weighted by Gasteiger charge is -2.00. The van der Waals surface area contributed by atoms with Crippen LogP contribution in [0.25, 0.3) is 0 Å². The summed E-state index contributed by atoms with van der Waals surface area (Å²) in [5, 5.41) is 0. The largest absolute Gasteiger partial charge is 0.370 e. The molecule has 0 aliphatic rings. The molecule has 0 bridgehead atoms. The minimum Gasteiger partial charge on any atom is -0.370 e. The molecule has 0 radical (unpaired) electrons. The predicted octanol–water partition coefficient (Wildman–Crippen LogP) is -1.98. The summed E-state index contributed by atoms with van der Waals surface area (Å²) in [5.41, 5.74) is 20.3. The van der Waals surface area contributed by atoms with E-state index in [0.29, 0.717) is 5.75 Å². The number of guanidine groups is 2. The third kappa shape index (κ3) is 13.1. The Morgan fingerprint density at radius 1 is 1.00 bits per heavy atom. The van der Waals surface area contributed by atoms with Crippen LogP contribution in [0.5, 0.6) is 0 Å². The number of aliphatic imine (C=N–C) groups is 2. The maximum absolute atomic E-state index is 11.4. The van der Waals surface area contributed by atoms with E-state index in [1.807, 2.05) is 0 Å². The van der Waals surface area contributed by atoms with Gasteiger partial charge in [0.15, 0.2) is 11.9 Å². The van der Waals surface area contributed by atoms with E-state index in [9.17, 15) is 8.42 Å². The quantitative estimate of drug-likeness (QED) is 0.183. The molecule has 0 aromatic heterocycles. The zero-order valence-electron chi connectivity index (χ0n) is 9.07. The van der Waals surface area contributed by atoms with E-state index in [0.717, 1.165) is 10.8 Å². The first-order valence-corrected chi connectivity index (χ1v) is 7.47. The second-order valence-corrected chi connectivity index (χ2v) is 7.10. The Bertz CT molecular complexity index is 361. The molecule has 0 aromatic rings. The molecule has 8 nitrogen and oxygen atoms in total. The fourth-order valence-electron chi connectivity index (χ4n) is 0.684. The van der Waals surface area contributed by atoms with Crippen LogP contribution < -0.4 is 22.9 Å². The van der Waals surface area contributed by atoms with Crippen molar-refractivity contribution in [2.45, 2.75) is 0 Å². The summed E-state index contributed by atoms with van der Waals surface area (Å²) in [6.45, 7) is 0.314. The Kier molecular flexibility index (Phi) is 10.00. The van der Waals surface area contributed by atoms with Crippen LogP contribution in [0.2, 0.25) is 0 Å². The average Bonchev–Trinajstić information content (AvgIpc) is 2.11. The van der Waals surface area contributed by atoms with Crippen molar-refractivity contribution < 1.29 is 8.42 Å². The highest BCUT2D eigenvalue weighted by Gasteiger charge is 2.10. The van der Waals surface area contributed by atoms with Crippen LogP contribution >= 0.6 is 23.2 Å². The van der Waals surface area contributed by atoms with Crippen LogP contribution in [-0.4, -0.2) is 44.9 Å². The first-order valence-electron chi connectivity index (χ1n) is 4.31. The van der Waals surface area contributed by atoms with Crippen LogP contribution in [0.4, 0.5) is 0 Å². The van der Waals surface area contributed by atoms with Gasteiger partial charge < -0.3 is 22.9 Å². The van der Waals surface area contributed by atoms with Gasteiger partial charge in [0, 0.05) is 5.75 Å². The number of nitrogens with zero attached hydrogens (tertiary/aromatic N) is 2. The number of rotatable bonds is 7. The summed E-state index contributed by atoms with van der Waals surface area (Å²) in [6.07, 6.45) is 0. The SMILES string of the molecule is Cl.NC(N)=NCCSS(=O)(=O)CCN=C(N)N. The Balaban J connectivity index is 0. The van der Waals surface area contributed by atoms with Crippen molar-refractivity contribution in [2.75, 3.05) is 24.6 Å². The van der Waals surface area contributed by atoms with Gasteiger partial charge in [0.1, 0.15) is 0 Å². The van der Waals surface area contributed by atoms with Gasteiger partial charge in [0.2, 0.25) is 8.87 Å². The van der Waals surface area contributed by atoms with E-state index in [-0.39, 0.29) is 43.2 Å². The summed E-state index contributed by atoms with van der Waals surface area (Å²) in [5.74, 6) is -0.00129. The van der Waals surface area contributed by atoms with Gasteiger partial charge >= 0.3 is 0 Å². The van der Waals surface area contributed by atoms with Crippen molar-refractivity contribution in [3.63, 3.8) is 0 Å². The smallest absolute Gasteiger partial charge is 0.203 e. The van der Waals surface area contributed by atoms with Crippen molar-refractivity contribution in [1.82, 2.24) is 0 Å². The lowest BCUT2D eigenvalue weighted by molar-refractivity contribution is 0.610. The molecular formula is C6H17ClN6O2S2. The highest BCUT2D eigenvalue weighted by Crippen LogP contribution is 2.12. The van der Waals surface area contributed by atoms with E-state index >= 15 is 0 Å². The molecule has 0 amide bonds. The fraction of sp³-hybridized carbons (Fsp3) is 0.667. The van der Waals surface area contributed by atoms with Crippen LogP contribution in [0.1, 0.15) is 0 Å². The lowest BCUT2D eigenvalue weighted by atomic mass is 10.8. The first-order chi connectivity index (χ1) is 7.33. The summed E-state index contributed by atoms with van der Waals surface area (Å²) < 4.78 is 22.7. The molecule has 0 aliphatic heterocycles. The standard InChI is InChI=1S/C6H16N6O2S2.ClH/c7-5(8)11-1-3-15-16(13,14)4-2-12-6(9)10;/h1-4H2,(H4,7,8,11)(H4,9,10,12);1H. The summed E-state index contributed by atoms with van der Waals surface area (Å²) in [4.78, 5) is 7.23. The second-order valence-electron chi connectivity index (χ2n) is 2.70. The molecule has 0 atom stereocenters. The van der Waals surface area contributed by atoms with E-state index in [1.54, 1.807) is 0 Å². The highest BCUT2D eigenvalue weighted by atomic mass is 35.5. The first kappa shape index (κ1) is 18.5. The summed E-state index contributed by atoms with van der Waals surface area (Å²) >= 11 is 0. The van der Waals surface area contributed by atoms with Gasteiger partial charge in [-0.2, -0.15) is 0 Å². The van der Waals surface area contributed by atoms with Crippen LogP contribution in [-0.2, 0) is 8.87 Å². The molecule has 8 N–H and O–H groups in total. The predicted molar refractivity (Wildman–Crippen MR) is 74.8 cm³/mol. The van der Waals surface area contributed by atoms with Crippen molar-refractivity contribution in [2.24, 2.45) is 32.9 Å². The second kappa shape index (κ2) is 9.19. The zero-order valence-corrected chi connectivity index (χ0v) is 11.5. The number of nitrogens with two attached hydrogens (primary N) is 4. The molecule has 0 spiro atoms. The van der Waals surface area contributed by atoms with Crippen molar-refractivity contribution >= 4 is 44.0 Å². The Morgan fingerprint density at radius 2 is 1.47 bits per heavy atom. The molecule has 0 saturated heterocycles. The van der Waals surface area contributed by atoms with Gasteiger partial charge in [-0.15, -0.1) is 12.4 Å². The Labute approximate surface area is 110 Å². The van der Waals surface area contributed by atoms with E-state index in [2.05, 4.69) is 9.98 Å². The molecule has 0 saturated carbocycles. The Hall–Kier alpha value is -0.870. The molecule has 0 aromatic carbocycles. The molecule has 0 rings (SSSR count). The van der Waals surface area contributed by atoms with Crippen molar-refractivity contribution in [3.8, 4) is 0 Å². The summed E-state index contributed by atoms with van der Waals surface area (Å²) in [6, 6.07) is 0. The normalized spacial score (nSPS) is 10.1. The molecule has 0 unspecified atom stereocenters. The molecule has 102 valence electrons. The fourth-order valence-corrected chi connectivity index (χ4v) is 3.10. The van der Waals surface area contributed by atoms with Crippen molar-refractivity contribution in [1.29, 1.82) is 0 Å². The summed E-state index contributed by atoms with van der Waals surface area (Å²) in [7, 11) is -2.45. The van der Waals surface area contributed by atoms with Gasteiger partial charge in [0.05, 0.1) is 18.8 Å². The lowest BCUT2D eigenvalue weighted by Crippen LogP contribution is -2.24. The molecular weight excluding hydrogens is 288 g/mol. The number of hydrogen-bond donors (Lipinski definition) is 4. The Morgan fingerprint density at radius 3 is 1.94 bits per heavy atom. The minimum absolute atomic E-state index is 0. The topological polar surface area (TPSA) is 163 Å². The third-order valence-electron chi connectivity index (χ3n) is 1.28. The van der Waals surface area contributed by atoms with E-state index in [4.69, 9.17) is 22.9 Å². The van der Waals surface area contributed by atoms with Gasteiger partial charge in [-0.3, -0.25) is 9.98 Å². The molecule has 0 heterocycles. The molecule has 11 heteroatoms. The van der Waals surface area contributed by atoms with E-state index in [1.165, 1.54) is 0 Å². The number of halogens is 1. The molecule has 17 heavy (non-hydrogen) atoms. The highest BCUT2D eigenvalue weighted by molar-refractivity contribution is 8.72. The van der Waals surface area contributed by atoms with Gasteiger partial charge in [-0.05, 0) is 10.8 Å². The van der Waals surface area contributed by atoms with Crippen LogP contribution in [0.15, 0.2) is 9.98 Å². The molecule has 0 fully saturated rings. The zero-order chi connectivity index (χ0) is 12.6. The minimum atomic E-state index is -3.23. The maximum atomic E-state index is 11.4. The van der Waals surface area contributed by atoms with Gasteiger partial charge in [0.25, 0.3) is 0 Å². The van der Waals surface area contributed by atoms with Gasteiger partial charge in [-0.25, -0.2) is 8.42 Å². The van der Waals surface area contributed by atoms with Gasteiger partial charge in [-0.1, -0.05) is 0 Å². The van der Waals surface area contributed by atoms with Crippen molar-refractivity contribution in [3.05, 3.63) is 0 Å². The van der Waals surface area contributed by atoms with Crippen LogP contribution in [0.3, 0.4) is 0 Å². The maximum Gasteiger partial charge on any atom is 0.203 e. The average molecular weight is 305 g/mol. The van der Waals surface area contributed by atoms with Crippen LogP contribution in [0, 0.1) is 0 Å². The third-order valence-corrected chi connectivity index (χ3v) is 4.75. The van der Waals surface area contributed by atoms with E-state index < -0.39 is 8.87 Å². The number of hydrogen-bond acceptors (Lipinski definition) is 5.